The van der Waals surface area contributed by atoms with Gasteiger partial charge in [-0.15, -0.1) is 0 Å². The van der Waals surface area contributed by atoms with Gasteiger partial charge in [-0.25, -0.2) is 9.18 Å². The second-order valence-corrected chi connectivity index (χ2v) is 4.78. The number of carbonyl (C=O) groups is 2. The molecule has 4 nitrogen and oxygen atoms in total. The van der Waals surface area contributed by atoms with Crippen molar-refractivity contribution in [3.63, 3.8) is 0 Å². The van der Waals surface area contributed by atoms with E-state index < -0.39 is 23.7 Å². The van der Waals surface area contributed by atoms with Gasteiger partial charge in [-0.2, -0.15) is 0 Å². The Balaban J connectivity index is 3.19. The number of hydrogen-bond acceptors (Lipinski definition) is 2. The van der Waals surface area contributed by atoms with Crippen molar-refractivity contribution >= 4 is 27.8 Å². The van der Waals surface area contributed by atoms with Crippen LogP contribution < -0.4 is 0 Å². The molecule has 0 aliphatic heterocycles. The minimum atomic E-state index is -1.14. The van der Waals surface area contributed by atoms with Crippen molar-refractivity contribution in [3.05, 3.63) is 33.5 Å². The third-order valence-electron chi connectivity index (χ3n) is 2.76. The van der Waals surface area contributed by atoms with Gasteiger partial charge in [0.2, 0.25) is 0 Å². The summed E-state index contributed by atoms with van der Waals surface area (Å²) < 4.78 is 14.0. The van der Waals surface area contributed by atoms with Crippen LogP contribution in [0.1, 0.15) is 22.8 Å². The number of aliphatic carboxylic acids is 1. The fourth-order valence-corrected chi connectivity index (χ4v) is 1.86. The van der Waals surface area contributed by atoms with Gasteiger partial charge in [0.05, 0.1) is 5.56 Å². The molecule has 1 rings (SSSR count). The Morgan fingerprint density at radius 2 is 2.00 bits per heavy atom. The van der Waals surface area contributed by atoms with Gasteiger partial charge in [0.25, 0.3) is 5.91 Å². The Bertz CT molecular complexity index is 504. The minimum absolute atomic E-state index is 0.148. The lowest BCUT2D eigenvalue weighted by atomic mass is 10.1. The molecule has 0 saturated carbocycles. The third-order valence-corrected chi connectivity index (χ3v) is 3.78. The van der Waals surface area contributed by atoms with E-state index in [2.05, 4.69) is 15.9 Å². The Morgan fingerprint density at radius 1 is 1.44 bits per heavy atom. The zero-order chi connectivity index (χ0) is 14.0. The van der Waals surface area contributed by atoms with Gasteiger partial charge < -0.3 is 10.0 Å². The summed E-state index contributed by atoms with van der Waals surface area (Å²) in [5.41, 5.74) is 0.557. The van der Waals surface area contributed by atoms with Gasteiger partial charge in [-0.3, -0.25) is 4.79 Å². The van der Waals surface area contributed by atoms with Crippen molar-refractivity contribution in [2.75, 3.05) is 7.05 Å². The summed E-state index contributed by atoms with van der Waals surface area (Å²) in [6, 6.07) is 1.70. The molecule has 0 spiro atoms. The summed E-state index contributed by atoms with van der Waals surface area (Å²) >= 11 is 3.15. The molecule has 0 radical (unpaired) electrons. The number of carboxylic acid groups (broad SMARTS) is 1. The molecule has 0 aromatic heterocycles. The molecule has 1 aromatic rings. The van der Waals surface area contributed by atoms with E-state index in [0.29, 0.717) is 10.0 Å². The number of amides is 1. The standard InChI is InChI=1S/C12H13BrFNO3/c1-6-4-5-8(14)9(10(6)13)11(16)15(3)7(2)12(17)18/h4-5,7H,1-3H3,(H,17,18). The Hall–Kier alpha value is -1.43. The lowest BCUT2D eigenvalue weighted by Crippen LogP contribution is -2.40. The average molecular weight is 318 g/mol. The smallest absolute Gasteiger partial charge is 0.326 e. The molecule has 0 fully saturated rings. The second kappa shape index (κ2) is 5.48. The molecule has 6 heteroatoms. The maximum Gasteiger partial charge on any atom is 0.326 e. The molecule has 0 bridgehead atoms. The molecule has 0 heterocycles. The summed E-state index contributed by atoms with van der Waals surface area (Å²) in [5.74, 6) is -2.49. The molecule has 1 unspecified atom stereocenters. The molecule has 0 saturated heterocycles. The van der Waals surface area contributed by atoms with Crippen LogP contribution in [0.15, 0.2) is 16.6 Å². The second-order valence-electron chi connectivity index (χ2n) is 3.98. The summed E-state index contributed by atoms with van der Waals surface area (Å²) in [6.07, 6.45) is 0. The molecule has 0 aliphatic carbocycles. The van der Waals surface area contributed by atoms with Crippen molar-refractivity contribution in [2.45, 2.75) is 19.9 Å². The van der Waals surface area contributed by atoms with Gasteiger partial charge in [0.15, 0.2) is 0 Å². The molecule has 0 aliphatic rings. The SMILES string of the molecule is Cc1ccc(F)c(C(=O)N(C)C(C)C(=O)O)c1Br. The van der Waals surface area contributed by atoms with Crippen LogP contribution in [0.2, 0.25) is 0 Å². The van der Waals surface area contributed by atoms with Gasteiger partial charge in [0, 0.05) is 11.5 Å². The minimum Gasteiger partial charge on any atom is -0.480 e. The number of carbonyl (C=O) groups excluding carboxylic acids is 1. The Morgan fingerprint density at radius 3 is 2.50 bits per heavy atom. The molecule has 18 heavy (non-hydrogen) atoms. The quantitative estimate of drug-likeness (QED) is 0.931. The largest absolute Gasteiger partial charge is 0.480 e. The van der Waals surface area contributed by atoms with Crippen LogP contribution in [0, 0.1) is 12.7 Å². The Kier molecular flexibility index (Phi) is 4.45. The van der Waals surface area contributed by atoms with E-state index in [1.165, 1.54) is 26.1 Å². The normalized spacial score (nSPS) is 12.1. The number of hydrogen-bond donors (Lipinski definition) is 1. The molecule has 98 valence electrons. The lowest BCUT2D eigenvalue weighted by Gasteiger charge is -2.22. The molecular formula is C12H13BrFNO3. The first-order valence-corrected chi connectivity index (χ1v) is 6.01. The van der Waals surface area contributed by atoms with Crippen LogP contribution in [0.4, 0.5) is 4.39 Å². The van der Waals surface area contributed by atoms with Crippen molar-refractivity contribution in [2.24, 2.45) is 0 Å². The monoisotopic (exact) mass is 317 g/mol. The number of halogens is 2. The zero-order valence-electron chi connectivity index (χ0n) is 10.2. The van der Waals surface area contributed by atoms with Crippen LogP contribution >= 0.6 is 15.9 Å². The molecule has 1 N–H and O–H groups in total. The number of aryl methyl sites for hydroxylation is 1. The maximum atomic E-state index is 13.7. The van der Waals surface area contributed by atoms with Crippen molar-refractivity contribution in [1.82, 2.24) is 4.90 Å². The lowest BCUT2D eigenvalue weighted by molar-refractivity contribution is -0.141. The van der Waals surface area contributed by atoms with E-state index in [-0.39, 0.29) is 5.56 Å². The fourth-order valence-electron chi connectivity index (χ4n) is 1.37. The average Bonchev–Trinajstić information content (AvgIpc) is 2.32. The summed E-state index contributed by atoms with van der Waals surface area (Å²) in [4.78, 5) is 23.9. The predicted octanol–water partition coefficient (Wildman–Crippen LogP) is 2.44. The van der Waals surface area contributed by atoms with Crippen molar-refractivity contribution in [3.8, 4) is 0 Å². The van der Waals surface area contributed by atoms with Crippen molar-refractivity contribution < 1.29 is 19.1 Å². The highest BCUT2D eigenvalue weighted by molar-refractivity contribution is 9.10. The topological polar surface area (TPSA) is 57.6 Å². The highest BCUT2D eigenvalue weighted by Crippen LogP contribution is 2.25. The van der Waals surface area contributed by atoms with E-state index in [1.54, 1.807) is 6.92 Å². The maximum absolute atomic E-state index is 13.7. The first-order chi connectivity index (χ1) is 8.27. The van der Waals surface area contributed by atoms with Gasteiger partial charge in [-0.05, 0) is 41.4 Å². The van der Waals surface area contributed by atoms with Crippen LogP contribution in [0.3, 0.4) is 0 Å². The number of rotatable bonds is 3. The number of carboxylic acids is 1. The molecule has 1 amide bonds. The summed E-state index contributed by atoms with van der Waals surface area (Å²) in [6.45, 7) is 3.09. The summed E-state index contributed by atoms with van der Waals surface area (Å²) in [7, 11) is 1.33. The van der Waals surface area contributed by atoms with E-state index in [4.69, 9.17) is 5.11 Å². The van der Waals surface area contributed by atoms with E-state index in [1.807, 2.05) is 0 Å². The van der Waals surface area contributed by atoms with Crippen LogP contribution in [0.25, 0.3) is 0 Å². The zero-order valence-corrected chi connectivity index (χ0v) is 11.8. The first-order valence-electron chi connectivity index (χ1n) is 5.22. The number of likely N-dealkylation sites (N-methyl/N-ethyl adjacent to an activating group) is 1. The van der Waals surface area contributed by atoms with Crippen LogP contribution in [-0.2, 0) is 4.79 Å². The predicted molar refractivity (Wildman–Crippen MR) is 68.0 cm³/mol. The van der Waals surface area contributed by atoms with Gasteiger partial charge in [-0.1, -0.05) is 6.07 Å². The van der Waals surface area contributed by atoms with Gasteiger partial charge >= 0.3 is 5.97 Å². The van der Waals surface area contributed by atoms with Crippen molar-refractivity contribution in [1.29, 1.82) is 0 Å². The third kappa shape index (κ3) is 2.69. The van der Waals surface area contributed by atoms with E-state index in [0.717, 1.165) is 4.90 Å². The first kappa shape index (κ1) is 14.6. The van der Waals surface area contributed by atoms with E-state index >= 15 is 0 Å². The number of nitrogens with zero attached hydrogens (tertiary/aromatic N) is 1. The summed E-state index contributed by atoms with van der Waals surface area (Å²) in [5, 5.41) is 8.84. The van der Waals surface area contributed by atoms with E-state index in [9.17, 15) is 14.0 Å². The van der Waals surface area contributed by atoms with Crippen LogP contribution in [0.5, 0.6) is 0 Å². The molecule has 1 atom stereocenters. The Labute approximate surface area is 113 Å². The van der Waals surface area contributed by atoms with Gasteiger partial charge in [0.1, 0.15) is 11.9 Å². The number of benzene rings is 1. The van der Waals surface area contributed by atoms with Crippen LogP contribution in [-0.4, -0.2) is 35.0 Å². The highest BCUT2D eigenvalue weighted by Gasteiger charge is 2.26. The molecule has 1 aromatic carbocycles. The molecular weight excluding hydrogens is 305 g/mol. The fraction of sp³-hybridized carbons (Fsp3) is 0.333. The highest BCUT2D eigenvalue weighted by atomic mass is 79.9.